The highest BCUT2D eigenvalue weighted by atomic mass is 16.2. The molecule has 1 aromatic carbocycles. The zero-order valence-electron chi connectivity index (χ0n) is 15.0. The normalized spacial score (nSPS) is 21.5. The lowest BCUT2D eigenvalue weighted by Crippen LogP contribution is -2.47. The summed E-state index contributed by atoms with van der Waals surface area (Å²) in [6, 6.07) is 8.56. The Morgan fingerprint density at radius 2 is 1.91 bits per heavy atom. The van der Waals surface area contributed by atoms with E-state index in [1.165, 1.54) is 17.5 Å². The van der Waals surface area contributed by atoms with Crippen molar-refractivity contribution < 1.29 is 4.79 Å². The highest BCUT2D eigenvalue weighted by Gasteiger charge is 2.25. The molecular weight excluding hydrogens is 286 g/mol. The number of nitrogens with zero attached hydrogens (tertiary/aromatic N) is 2. The van der Waals surface area contributed by atoms with Gasteiger partial charge in [-0.1, -0.05) is 45.0 Å². The molecule has 23 heavy (non-hydrogen) atoms. The van der Waals surface area contributed by atoms with Crippen molar-refractivity contribution in [2.24, 2.45) is 11.8 Å². The van der Waals surface area contributed by atoms with Crippen LogP contribution in [0.2, 0.25) is 0 Å². The van der Waals surface area contributed by atoms with Gasteiger partial charge in [0.05, 0.1) is 0 Å². The number of hydrogen-bond donors (Lipinski definition) is 1. The Kier molecular flexibility index (Phi) is 6.46. The maximum absolute atomic E-state index is 12.4. The van der Waals surface area contributed by atoms with Crippen LogP contribution in [0.25, 0.3) is 0 Å². The molecule has 2 amide bonds. The van der Waals surface area contributed by atoms with Crippen LogP contribution in [0.5, 0.6) is 0 Å². The van der Waals surface area contributed by atoms with Gasteiger partial charge >= 0.3 is 6.03 Å². The van der Waals surface area contributed by atoms with Crippen LogP contribution in [0.3, 0.4) is 0 Å². The first-order valence-electron chi connectivity index (χ1n) is 8.77. The van der Waals surface area contributed by atoms with Gasteiger partial charge in [0.1, 0.15) is 0 Å². The van der Waals surface area contributed by atoms with E-state index in [0.29, 0.717) is 18.4 Å². The first-order valence-corrected chi connectivity index (χ1v) is 8.77. The topological polar surface area (TPSA) is 35.6 Å². The molecule has 1 N–H and O–H groups in total. The second-order valence-electron chi connectivity index (χ2n) is 7.16. The van der Waals surface area contributed by atoms with E-state index in [1.807, 2.05) is 4.90 Å². The predicted octanol–water partition coefficient (Wildman–Crippen LogP) is 3.33. The first kappa shape index (κ1) is 17.8. The average Bonchev–Trinajstić information content (AvgIpc) is 2.52. The molecule has 0 aliphatic carbocycles. The molecule has 4 heteroatoms. The Hall–Kier alpha value is -1.55. The number of hydrogen-bond acceptors (Lipinski definition) is 2. The summed E-state index contributed by atoms with van der Waals surface area (Å²) in [5.74, 6) is 1.19. The smallest absolute Gasteiger partial charge is 0.317 e. The molecule has 1 fully saturated rings. The molecule has 1 aliphatic heterocycles. The third kappa shape index (κ3) is 5.54. The standard InChI is InChI=1S/C19H31N3O/c1-5-21(4)14-18-8-6-7-17(10-18)11-20-19(23)22-12-15(2)9-16(3)13-22/h6-8,10,15-16H,5,9,11-14H2,1-4H3,(H,20,23). The van der Waals surface area contributed by atoms with E-state index < -0.39 is 0 Å². The molecule has 1 heterocycles. The Balaban J connectivity index is 1.87. The van der Waals surface area contributed by atoms with Crippen LogP contribution in [0.15, 0.2) is 24.3 Å². The third-order valence-corrected chi connectivity index (χ3v) is 4.58. The maximum atomic E-state index is 12.4. The minimum Gasteiger partial charge on any atom is -0.334 e. The fourth-order valence-corrected chi connectivity index (χ4v) is 3.38. The van der Waals surface area contributed by atoms with Crippen LogP contribution in [-0.4, -0.2) is 42.5 Å². The van der Waals surface area contributed by atoms with Crippen LogP contribution in [-0.2, 0) is 13.1 Å². The van der Waals surface area contributed by atoms with E-state index in [9.17, 15) is 4.79 Å². The summed E-state index contributed by atoms with van der Waals surface area (Å²) in [4.78, 5) is 16.6. The van der Waals surface area contributed by atoms with E-state index in [1.54, 1.807) is 0 Å². The van der Waals surface area contributed by atoms with Crippen molar-refractivity contribution in [3.05, 3.63) is 35.4 Å². The molecule has 128 valence electrons. The molecule has 2 rings (SSSR count). The molecule has 2 unspecified atom stereocenters. The summed E-state index contributed by atoms with van der Waals surface area (Å²) < 4.78 is 0. The lowest BCUT2D eigenvalue weighted by molar-refractivity contribution is 0.146. The predicted molar refractivity (Wildman–Crippen MR) is 95.2 cm³/mol. The highest BCUT2D eigenvalue weighted by Crippen LogP contribution is 2.20. The van der Waals surface area contributed by atoms with Crippen molar-refractivity contribution >= 4 is 6.03 Å². The van der Waals surface area contributed by atoms with Crippen molar-refractivity contribution in [1.29, 1.82) is 0 Å². The molecule has 0 bridgehead atoms. The van der Waals surface area contributed by atoms with Crippen molar-refractivity contribution in [2.75, 3.05) is 26.7 Å². The minimum absolute atomic E-state index is 0.0690. The van der Waals surface area contributed by atoms with Crippen molar-refractivity contribution in [3.8, 4) is 0 Å². The fraction of sp³-hybridized carbons (Fsp3) is 0.632. The minimum atomic E-state index is 0.0690. The van der Waals surface area contributed by atoms with E-state index >= 15 is 0 Å². The van der Waals surface area contributed by atoms with E-state index in [4.69, 9.17) is 0 Å². The van der Waals surface area contributed by atoms with Crippen LogP contribution >= 0.6 is 0 Å². The molecule has 0 radical (unpaired) electrons. The molecular formula is C19H31N3O. The summed E-state index contributed by atoms with van der Waals surface area (Å²) in [5.41, 5.74) is 2.46. The molecule has 4 nitrogen and oxygen atoms in total. The summed E-state index contributed by atoms with van der Waals surface area (Å²) >= 11 is 0. The molecule has 1 saturated heterocycles. The molecule has 2 atom stereocenters. The van der Waals surface area contributed by atoms with E-state index in [0.717, 1.165) is 26.2 Å². The number of nitrogens with one attached hydrogen (secondary N) is 1. The Morgan fingerprint density at radius 3 is 2.57 bits per heavy atom. The Bertz CT molecular complexity index is 507. The van der Waals surface area contributed by atoms with Gasteiger partial charge in [-0.05, 0) is 43.0 Å². The van der Waals surface area contributed by atoms with Crippen LogP contribution in [0, 0.1) is 11.8 Å². The van der Waals surface area contributed by atoms with Gasteiger partial charge in [0, 0.05) is 26.2 Å². The maximum Gasteiger partial charge on any atom is 0.317 e. The zero-order chi connectivity index (χ0) is 16.8. The number of amides is 2. The summed E-state index contributed by atoms with van der Waals surface area (Å²) in [6.07, 6.45) is 1.22. The molecule has 0 saturated carbocycles. The second-order valence-corrected chi connectivity index (χ2v) is 7.16. The summed E-state index contributed by atoms with van der Waals surface area (Å²) in [7, 11) is 2.12. The molecule has 0 aromatic heterocycles. The van der Waals surface area contributed by atoms with Crippen LogP contribution in [0.4, 0.5) is 4.79 Å². The Morgan fingerprint density at radius 1 is 1.26 bits per heavy atom. The quantitative estimate of drug-likeness (QED) is 0.904. The number of piperidine rings is 1. The van der Waals surface area contributed by atoms with Gasteiger partial charge in [0.15, 0.2) is 0 Å². The zero-order valence-corrected chi connectivity index (χ0v) is 15.0. The highest BCUT2D eigenvalue weighted by molar-refractivity contribution is 5.74. The van der Waals surface area contributed by atoms with Gasteiger partial charge < -0.3 is 15.1 Å². The number of likely N-dealkylation sites (tertiary alicyclic amines) is 1. The number of rotatable bonds is 5. The molecule has 0 spiro atoms. The van der Waals surface area contributed by atoms with Crippen LogP contribution in [0.1, 0.15) is 38.3 Å². The van der Waals surface area contributed by atoms with Gasteiger partial charge in [-0.25, -0.2) is 4.79 Å². The number of carbonyl (C=O) groups excluding carboxylic acids is 1. The Labute approximate surface area is 140 Å². The molecule has 1 aromatic rings. The van der Waals surface area contributed by atoms with Gasteiger partial charge in [0.2, 0.25) is 0 Å². The van der Waals surface area contributed by atoms with Crippen molar-refractivity contribution in [2.45, 2.75) is 40.3 Å². The van der Waals surface area contributed by atoms with E-state index in [2.05, 4.69) is 62.3 Å². The van der Waals surface area contributed by atoms with Gasteiger partial charge in [0.25, 0.3) is 0 Å². The van der Waals surface area contributed by atoms with Crippen molar-refractivity contribution in [1.82, 2.24) is 15.1 Å². The lowest BCUT2D eigenvalue weighted by Gasteiger charge is -2.34. The number of benzene rings is 1. The van der Waals surface area contributed by atoms with Gasteiger partial charge in [-0.15, -0.1) is 0 Å². The second kappa shape index (κ2) is 8.34. The third-order valence-electron chi connectivity index (χ3n) is 4.58. The van der Waals surface area contributed by atoms with E-state index in [-0.39, 0.29) is 6.03 Å². The molecule has 1 aliphatic rings. The SMILES string of the molecule is CCN(C)Cc1cccc(CNC(=O)N2CC(C)CC(C)C2)c1. The van der Waals surface area contributed by atoms with Gasteiger partial charge in [-0.2, -0.15) is 0 Å². The number of carbonyl (C=O) groups is 1. The fourth-order valence-electron chi connectivity index (χ4n) is 3.38. The first-order chi connectivity index (χ1) is 11.0. The summed E-state index contributed by atoms with van der Waals surface area (Å²) in [6.45, 7) is 10.9. The monoisotopic (exact) mass is 317 g/mol. The van der Waals surface area contributed by atoms with Crippen molar-refractivity contribution in [3.63, 3.8) is 0 Å². The van der Waals surface area contributed by atoms with Crippen LogP contribution < -0.4 is 5.32 Å². The van der Waals surface area contributed by atoms with Gasteiger partial charge in [-0.3, -0.25) is 0 Å². The number of urea groups is 1. The largest absolute Gasteiger partial charge is 0.334 e. The summed E-state index contributed by atoms with van der Waals surface area (Å²) in [5, 5.41) is 3.08. The lowest BCUT2D eigenvalue weighted by atomic mass is 9.92. The average molecular weight is 317 g/mol.